The average molecular weight is 281 g/mol. The molecule has 5 nitrogen and oxygen atoms in total. The maximum Gasteiger partial charge on any atom is 0.158 e. The van der Waals surface area contributed by atoms with Crippen LogP contribution in [0.3, 0.4) is 0 Å². The Morgan fingerprint density at radius 3 is 2.68 bits per heavy atom. The van der Waals surface area contributed by atoms with Crippen molar-refractivity contribution in [3.63, 3.8) is 0 Å². The summed E-state index contributed by atoms with van der Waals surface area (Å²) < 4.78 is 1.56. The third-order valence-corrected chi connectivity index (χ3v) is 3.16. The smallest absolute Gasteiger partial charge is 0.158 e. The van der Waals surface area contributed by atoms with Crippen molar-refractivity contribution >= 4 is 11.6 Å². The number of aliphatic hydroxyl groups is 1. The molecule has 102 valence electrons. The molecular weight excluding hydrogens is 264 g/mol. The molecule has 0 atom stereocenters. The number of aromatic nitrogens is 4. The van der Waals surface area contributed by atoms with Gasteiger partial charge in [0.25, 0.3) is 0 Å². The second-order valence-electron chi connectivity index (χ2n) is 4.90. The predicted octanol–water partition coefficient (Wildman–Crippen LogP) is 2.31. The summed E-state index contributed by atoms with van der Waals surface area (Å²) in [4.78, 5) is 8.21. The SMILES string of the molecule is Cc1cc(-n2nc(CC(C)C)c(CO)c2Cl)ncn1. The van der Waals surface area contributed by atoms with Gasteiger partial charge in [0.05, 0.1) is 12.3 Å². The topological polar surface area (TPSA) is 63.8 Å². The highest BCUT2D eigenvalue weighted by Gasteiger charge is 2.18. The number of hydrogen-bond donors (Lipinski definition) is 1. The number of aliphatic hydroxyl groups excluding tert-OH is 1. The van der Waals surface area contributed by atoms with Crippen LogP contribution in [-0.2, 0) is 13.0 Å². The maximum absolute atomic E-state index is 9.46. The quantitative estimate of drug-likeness (QED) is 0.933. The van der Waals surface area contributed by atoms with E-state index in [2.05, 4.69) is 28.9 Å². The van der Waals surface area contributed by atoms with Gasteiger partial charge in [-0.3, -0.25) is 0 Å². The number of nitrogens with zero attached hydrogens (tertiary/aromatic N) is 4. The van der Waals surface area contributed by atoms with Gasteiger partial charge in [0.2, 0.25) is 0 Å². The first kappa shape index (κ1) is 14.0. The molecule has 0 aliphatic heterocycles. The Balaban J connectivity index is 2.49. The Bertz CT molecular complexity index is 580. The van der Waals surface area contributed by atoms with E-state index in [0.717, 1.165) is 17.8 Å². The minimum Gasteiger partial charge on any atom is -0.391 e. The second-order valence-corrected chi connectivity index (χ2v) is 5.26. The normalized spacial score (nSPS) is 11.3. The summed E-state index contributed by atoms with van der Waals surface area (Å²) in [5.41, 5.74) is 2.33. The molecule has 2 rings (SSSR count). The molecule has 0 spiro atoms. The van der Waals surface area contributed by atoms with Crippen LogP contribution in [0.4, 0.5) is 0 Å². The summed E-state index contributed by atoms with van der Waals surface area (Å²) in [6, 6.07) is 1.80. The Morgan fingerprint density at radius 2 is 2.11 bits per heavy atom. The largest absolute Gasteiger partial charge is 0.391 e. The van der Waals surface area contributed by atoms with Crippen molar-refractivity contribution in [2.24, 2.45) is 5.92 Å². The number of hydrogen-bond acceptors (Lipinski definition) is 4. The van der Waals surface area contributed by atoms with E-state index in [1.807, 2.05) is 6.92 Å². The summed E-state index contributed by atoms with van der Waals surface area (Å²) in [6.45, 7) is 5.96. The van der Waals surface area contributed by atoms with Gasteiger partial charge in [0, 0.05) is 17.3 Å². The van der Waals surface area contributed by atoms with E-state index in [0.29, 0.717) is 22.5 Å². The van der Waals surface area contributed by atoms with E-state index in [-0.39, 0.29) is 6.61 Å². The first-order valence-corrected chi connectivity index (χ1v) is 6.57. The molecule has 0 amide bonds. The molecule has 0 saturated carbocycles. The van der Waals surface area contributed by atoms with Gasteiger partial charge in [0.1, 0.15) is 11.5 Å². The van der Waals surface area contributed by atoms with Crippen molar-refractivity contribution < 1.29 is 5.11 Å². The fourth-order valence-electron chi connectivity index (χ4n) is 1.89. The summed E-state index contributed by atoms with van der Waals surface area (Å²) in [6.07, 6.45) is 2.25. The summed E-state index contributed by atoms with van der Waals surface area (Å²) >= 11 is 6.28. The third-order valence-electron chi connectivity index (χ3n) is 2.77. The van der Waals surface area contributed by atoms with E-state index in [1.165, 1.54) is 6.33 Å². The summed E-state index contributed by atoms with van der Waals surface area (Å²) in [5.74, 6) is 1.05. The summed E-state index contributed by atoms with van der Waals surface area (Å²) in [5, 5.41) is 14.3. The van der Waals surface area contributed by atoms with Crippen LogP contribution in [0.5, 0.6) is 0 Å². The van der Waals surface area contributed by atoms with Crippen molar-refractivity contribution in [2.45, 2.75) is 33.8 Å². The number of rotatable bonds is 4. The highest BCUT2D eigenvalue weighted by Crippen LogP contribution is 2.24. The molecule has 0 fully saturated rings. The minimum atomic E-state index is -0.120. The van der Waals surface area contributed by atoms with Crippen LogP contribution in [0, 0.1) is 12.8 Å². The zero-order chi connectivity index (χ0) is 14.0. The zero-order valence-corrected chi connectivity index (χ0v) is 12.0. The Labute approximate surface area is 117 Å². The monoisotopic (exact) mass is 280 g/mol. The van der Waals surface area contributed by atoms with Crippen LogP contribution in [0.25, 0.3) is 5.82 Å². The van der Waals surface area contributed by atoms with Crippen molar-refractivity contribution in [1.82, 2.24) is 19.7 Å². The first-order chi connectivity index (χ1) is 9.02. The van der Waals surface area contributed by atoms with Crippen LogP contribution in [0.1, 0.15) is 30.8 Å². The molecule has 0 bridgehead atoms. The van der Waals surface area contributed by atoms with Gasteiger partial charge >= 0.3 is 0 Å². The fraction of sp³-hybridized carbons (Fsp3) is 0.462. The van der Waals surface area contributed by atoms with Crippen LogP contribution in [0.15, 0.2) is 12.4 Å². The van der Waals surface area contributed by atoms with Crippen LogP contribution in [0.2, 0.25) is 5.15 Å². The van der Waals surface area contributed by atoms with Gasteiger partial charge in [0.15, 0.2) is 5.82 Å². The lowest BCUT2D eigenvalue weighted by Gasteiger charge is -2.02. The van der Waals surface area contributed by atoms with Gasteiger partial charge in [-0.2, -0.15) is 5.10 Å². The van der Waals surface area contributed by atoms with Crippen molar-refractivity contribution in [3.8, 4) is 5.82 Å². The van der Waals surface area contributed by atoms with Crippen LogP contribution < -0.4 is 0 Å². The van der Waals surface area contributed by atoms with E-state index in [4.69, 9.17) is 11.6 Å². The second kappa shape index (κ2) is 5.67. The highest BCUT2D eigenvalue weighted by molar-refractivity contribution is 6.30. The average Bonchev–Trinajstić information content (AvgIpc) is 2.65. The van der Waals surface area contributed by atoms with Crippen LogP contribution in [-0.4, -0.2) is 24.9 Å². The highest BCUT2D eigenvalue weighted by atomic mass is 35.5. The molecule has 0 aliphatic rings. The lowest BCUT2D eigenvalue weighted by Crippen LogP contribution is -2.02. The molecular formula is C13H17ClN4O. The summed E-state index contributed by atoms with van der Waals surface area (Å²) in [7, 11) is 0. The van der Waals surface area contributed by atoms with Gasteiger partial charge in [-0.1, -0.05) is 25.4 Å². The van der Waals surface area contributed by atoms with Crippen molar-refractivity contribution in [2.75, 3.05) is 0 Å². The standard InChI is InChI=1S/C13H17ClN4O/c1-8(2)4-11-10(6-19)13(14)18(17-11)12-5-9(3)15-7-16-12/h5,7-8,19H,4,6H2,1-3H3. The van der Waals surface area contributed by atoms with Gasteiger partial charge < -0.3 is 5.11 Å². The molecule has 19 heavy (non-hydrogen) atoms. The van der Waals surface area contributed by atoms with E-state index in [1.54, 1.807) is 10.7 Å². The predicted molar refractivity (Wildman–Crippen MR) is 73.4 cm³/mol. The van der Waals surface area contributed by atoms with E-state index < -0.39 is 0 Å². The molecule has 2 heterocycles. The first-order valence-electron chi connectivity index (χ1n) is 6.19. The van der Waals surface area contributed by atoms with Gasteiger partial charge in [-0.15, -0.1) is 0 Å². The minimum absolute atomic E-state index is 0.120. The molecule has 0 aliphatic carbocycles. The van der Waals surface area contributed by atoms with Gasteiger partial charge in [-0.05, 0) is 19.3 Å². The van der Waals surface area contributed by atoms with Crippen LogP contribution >= 0.6 is 11.6 Å². The Hall–Kier alpha value is -1.46. The maximum atomic E-state index is 9.46. The van der Waals surface area contributed by atoms with E-state index in [9.17, 15) is 5.11 Å². The lowest BCUT2D eigenvalue weighted by molar-refractivity contribution is 0.280. The molecule has 0 radical (unpaired) electrons. The third kappa shape index (κ3) is 2.93. The molecule has 0 unspecified atom stereocenters. The van der Waals surface area contributed by atoms with Gasteiger partial charge in [-0.25, -0.2) is 14.6 Å². The number of aryl methyl sites for hydroxylation is 1. The molecule has 1 N–H and O–H groups in total. The van der Waals surface area contributed by atoms with Crippen molar-refractivity contribution in [1.29, 1.82) is 0 Å². The van der Waals surface area contributed by atoms with E-state index >= 15 is 0 Å². The molecule has 6 heteroatoms. The number of halogens is 1. The molecule has 2 aromatic heterocycles. The fourth-order valence-corrected chi connectivity index (χ4v) is 2.18. The zero-order valence-electron chi connectivity index (χ0n) is 11.3. The van der Waals surface area contributed by atoms with Crippen molar-refractivity contribution in [3.05, 3.63) is 34.5 Å². The molecule has 0 saturated heterocycles. The Morgan fingerprint density at radius 1 is 1.37 bits per heavy atom. The molecule has 0 aromatic carbocycles. The molecule has 2 aromatic rings. The Kier molecular flexibility index (Phi) is 4.17. The lowest BCUT2D eigenvalue weighted by atomic mass is 10.1.